The van der Waals surface area contributed by atoms with E-state index in [1.807, 2.05) is 0 Å². The highest BCUT2D eigenvalue weighted by molar-refractivity contribution is 5.35. The Kier molecular flexibility index (Phi) is 2.87. The molecule has 0 aromatic rings. The van der Waals surface area contributed by atoms with Crippen molar-refractivity contribution < 1.29 is 0 Å². The van der Waals surface area contributed by atoms with Gasteiger partial charge in [0, 0.05) is 0 Å². The van der Waals surface area contributed by atoms with Gasteiger partial charge in [-0.25, -0.2) is 0 Å². The van der Waals surface area contributed by atoms with Gasteiger partial charge in [0.25, 0.3) is 0 Å². The predicted molar refractivity (Wildman–Crippen MR) is 57.6 cm³/mol. The van der Waals surface area contributed by atoms with Crippen LogP contribution in [0.3, 0.4) is 0 Å². The van der Waals surface area contributed by atoms with Crippen LogP contribution < -0.4 is 0 Å². The number of allylic oxidation sites excluding steroid dienone is 4. The molecule has 0 aliphatic heterocycles. The third-order valence-electron chi connectivity index (χ3n) is 3.49. The minimum absolute atomic E-state index is 1.01. The lowest BCUT2D eigenvalue weighted by Crippen LogP contribution is -1.99. The molecule has 0 bridgehead atoms. The predicted octanol–water partition coefficient (Wildman–Crippen LogP) is 4.09. The Morgan fingerprint density at radius 2 is 2.08 bits per heavy atom. The first-order chi connectivity index (χ1) is 6.38. The first kappa shape index (κ1) is 9.05. The third kappa shape index (κ3) is 2.24. The molecule has 0 amide bonds. The molecule has 0 N–H and O–H groups in total. The van der Waals surface area contributed by atoms with E-state index in [-0.39, 0.29) is 0 Å². The van der Waals surface area contributed by atoms with E-state index in [2.05, 4.69) is 25.2 Å². The van der Waals surface area contributed by atoms with Gasteiger partial charge in [0.1, 0.15) is 0 Å². The summed E-state index contributed by atoms with van der Waals surface area (Å²) in [5.74, 6) is 2.06. The van der Waals surface area contributed by atoms with Crippen LogP contribution in [0.1, 0.15) is 45.4 Å². The molecular formula is C13H20. The summed E-state index contributed by atoms with van der Waals surface area (Å²) in [6.45, 7) is 2.31. The molecule has 0 radical (unpaired) electrons. The molecular weight excluding hydrogens is 156 g/mol. The summed E-state index contributed by atoms with van der Waals surface area (Å²) >= 11 is 0. The number of rotatable bonds is 4. The van der Waals surface area contributed by atoms with Crippen LogP contribution >= 0.6 is 0 Å². The van der Waals surface area contributed by atoms with Crippen molar-refractivity contribution in [2.24, 2.45) is 11.8 Å². The van der Waals surface area contributed by atoms with Gasteiger partial charge in [0.15, 0.2) is 0 Å². The molecule has 0 heterocycles. The molecule has 2 unspecified atom stereocenters. The average Bonchev–Trinajstić information content (AvgIpc) is 2.46. The van der Waals surface area contributed by atoms with Crippen molar-refractivity contribution in [2.75, 3.05) is 0 Å². The molecule has 0 heteroatoms. The molecule has 2 aliphatic carbocycles. The fraction of sp³-hybridized carbons (Fsp3) is 0.692. The Bertz CT molecular complexity index is 222. The zero-order chi connectivity index (χ0) is 9.10. The van der Waals surface area contributed by atoms with Gasteiger partial charge < -0.3 is 0 Å². The van der Waals surface area contributed by atoms with Crippen molar-refractivity contribution in [3.63, 3.8) is 0 Å². The Hall–Kier alpha value is -0.520. The topological polar surface area (TPSA) is 0 Å². The van der Waals surface area contributed by atoms with Crippen LogP contribution in [0.5, 0.6) is 0 Å². The van der Waals surface area contributed by atoms with E-state index in [1.54, 1.807) is 5.57 Å². The number of hydrogen-bond donors (Lipinski definition) is 0. The maximum absolute atomic E-state index is 2.31. The van der Waals surface area contributed by atoms with Gasteiger partial charge in [-0.15, -0.1) is 0 Å². The zero-order valence-corrected chi connectivity index (χ0v) is 8.63. The van der Waals surface area contributed by atoms with Crippen LogP contribution in [-0.4, -0.2) is 0 Å². The standard InChI is InChI=1S/C13H20/c1-2-4-11-7-8-13(9-11)10-12-5-3-6-12/h3,5-6,11,13H,2,4,7-10H2,1H3. The van der Waals surface area contributed by atoms with Gasteiger partial charge in [0.2, 0.25) is 0 Å². The molecule has 0 spiro atoms. The fourth-order valence-corrected chi connectivity index (χ4v) is 2.74. The second-order valence-corrected chi connectivity index (χ2v) is 4.64. The smallest absolute Gasteiger partial charge is 0.0250 e. The molecule has 2 rings (SSSR count). The van der Waals surface area contributed by atoms with Crippen LogP contribution in [0.2, 0.25) is 0 Å². The van der Waals surface area contributed by atoms with E-state index in [0.29, 0.717) is 0 Å². The summed E-state index contributed by atoms with van der Waals surface area (Å²) in [5, 5.41) is 0. The molecule has 13 heavy (non-hydrogen) atoms. The van der Waals surface area contributed by atoms with Crippen LogP contribution in [0, 0.1) is 11.8 Å². The minimum Gasteiger partial charge on any atom is -0.0654 e. The van der Waals surface area contributed by atoms with Gasteiger partial charge in [-0.1, -0.05) is 44.4 Å². The summed E-state index contributed by atoms with van der Waals surface area (Å²) in [6, 6.07) is 0. The zero-order valence-electron chi connectivity index (χ0n) is 8.63. The maximum Gasteiger partial charge on any atom is -0.0250 e. The maximum atomic E-state index is 2.31. The van der Waals surface area contributed by atoms with Crippen LogP contribution in [0.15, 0.2) is 23.8 Å². The second-order valence-electron chi connectivity index (χ2n) is 4.64. The van der Waals surface area contributed by atoms with Gasteiger partial charge in [0.05, 0.1) is 0 Å². The summed E-state index contributed by atoms with van der Waals surface area (Å²) in [4.78, 5) is 0. The van der Waals surface area contributed by atoms with Crippen molar-refractivity contribution in [1.82, 2.24) is 0 Å². The summed E-state index contributed by atoms with van der Waals surface area (Å²) in [5.41, 5.74) is 1.59. The number of hydrogen-bond acceptors (Lipinski definition) is 0. The molecule has 0 aromatic heterocycles. The summed E-state index contributed by atoms with van der Waals surface area (Å²) in [6.07, 6.45) is 15.4. The highest BCUT2D eigenvalue weighted by Crippen LogP contribution is 2.37. The Morgan fingerprint density at radius 3 is 2.69 bits per heavy atom. The first-order valence-corrected chi connectivity index (χ1v) is 5.75. The molecule has 2 atom stereocenters. The van der Waals surface area contributed by atoms with Gasteiger partial charge in [-0.3, -0.25) is 0 Å². The lowest BCUT2D eigenvalue weighted by atomic mass is 9.92. The normalized spacial score (nSPS) is 31.6. The van der Waals surface area contributed by atoms with Crippen molar-refractivity contribution in [1.29, 1.82) is 0 Å². The highest BCUT2D eigenvalue weighted by atomic mass is 14.3. The summed E-state index contributed by atoms with van der Waals surface area (Å²) in [7, 11) is 0. The van der Waals surface area contributed by atoms with Crippen molar-refractivity contribution in [2.45, 2.75) is 45.4 Å². The average molecular weight is 176 g/mol. The Morgan fingerprint density at radius 1 is 1.31 bits per heavy atom. The van der Waals surface area contributed by atoms with Gasteiger partial charge >= 0.3 is 0 Å². The van der Waals surface area contributed by atoms with Crippen LogP contribution in [0.4, 0.5) is 0 Å². The lowest BCUT2D eigenvalue weighted by Gasteiger charge is -2.13. The van der Waals surface area contributed by atoms with Gasteiger partial charge in [-0.2, -0.15) is 0 Å². The summed E-state index contributed by atoms with van der Waals surface area (Å²) < 4.78 is 0. The lowest BCUT2D eigenvalue weighted by molar-refractivity contribution is 0.459. The van der Waals surface area contributed by atoms with Crippen LogP contribution in [-0.2, 0) is 0 Å². The largest absolute Gasteiger partial charge is 0.0654 e. The quantitative estimate of drug-likeness (QED) is 0.605. The molecule has 0 nitrogen and oxygen atoms in total. The van der Waals surface area contributed by atoms with Crippen molar-refractivity contribution >= 4 is 0 Å². The van der Waals surface area contributed by atoms with E-state index in [4.69, 9.17) is 0 Å². The third-order valence-corrected chi connectivity index (χ3v) is 3.49. The van der Waals surface area contributed by atoms with Crippen molar-refractivity contribution in [3.05, 3.63) is 23.8 Å². The molecule has 1 saturated carbocycles. The molecule has 1 fully saturated rings. The van der Waals surface area contributed by atoms with E-state index >= 15 is 0 Å². The van der Waals surface area contributed by atoms with Crippen LogP contribution in [0.25, 0.3) is 0 Å². The fourth-order valence-electron chi connectivity index (χ4n) is 2.74. The van der Waals surface area contributed by atoms with E-state index in [1.165, 1.54) is 38.5 Å². The van der Waals surface area contributed by atoms with E-state index in [9.17, 15) is 0 Å². The van der Waals surface area contributed by atoms with Crippen molar-refractivity contribution in [3.8, 4) is 0 Å². The minimum atomic E-state index is 1.01. The first-order valence-electron chi connectivity index (χ1n) is 5.75. The van der Waals surface area contributed by atoms with E-state index in [0.717, 1.165) is 11.8 Å². The van der Waals surface area contributed by atoms with Gasteiger partial charge in [-0.05, 0) is 36.7 Å². The molecule has 0 aromatic carbocycles. The Labute approximate surface area is 81.7 Å². The SMILES string of the molecule is CCCC1CCC(CC2=CC=C2)C1. The molecule has 2 aliphatic rings. The molecule has 0 saturated heterocycles. The Balaban J connectivity index is 1.71. The molecule has 72 valence electrons. The monoisotopic (exact) mass is 176 g/mol. The highest BCUT2D eigenvalue weighted by Gasteiger charge is 2.24. The van der Waals surface area contributed by atoms with E-state index < -0.39 is 0 Å². The second kappa shape index (κ2) is 4.13.